The monoisotopic (exact) mass is 245 g/mol. The summed E-state index contributed by atoms with van der Waals surface area (Å²) in [5, 5.41) is 9.67. The van der Waals surface area contributed by atoms with Crippen LogP contribution >= 0.6 is 0 Å². The van der Waals surface area contributed by atoms with Crippen LogP contribution in [-0.4, -0.2) is 55.2 Å². The van der Waals surface area contributed by atoms with Gasteiger partial charge >= 0.3 is 0 Å². The van der Waals surface area contributed by atoms with Crippen molar-refractivity contribution in [3.8, 4) is 0 Å². The molecule has 0 aromatic heterocycles. The molecule has 0 spiro atoms. The number of hydrogen-bond acceptors (Lipinski definition) is 4. The number of hydrogen-bond donors (Lipinski definition) is 1. The van der Waals surface area contributed by atoms with Gasteiger partial charge < -0.3 is 19.5 Å². The molecule has 1 N–H and O–H groups in total. The average Bonchev–Trinajstić information content (AvgIpc) is 2.31. The van der Waals surface area contributed by atoms with Crippen LogP contribution in [0.2, 0.25) is 0 Å². The molecule has 0 radical (unpaired) electrons. The first-order valence-electron chi connectivity index (χ1n) is 6.81. The summed E-state index contributed by atoms with van der Waals surface area (Å²) in [6.45, 7) is 10.4. The van der Waals surface area contributed by atoms with Crippen LogP contribution in [0.5, 0.6) is 0 Å². The average molecular weight is 245 g/mol. The first kappa shape index (κ1) is 14.9. The van der Waals surface area contributed by atoms with Gasteiger partial charge in [0.15, 0.2) is 6.29 Å². The van der Waals surface area contributed by atoms with Crippen molar-refractivity contribution in [2.45, 2.75) is 46.0 Å². The SMILES string of the molecule is CCOC(CCN1CCC(O)C(C)C1)OCC. The van der Waals surface area contributed by atoms with E-state index >= 15 is 0 Å². The minimum Gasteiger partial charge on any atom is -0.393 e. The van der Waals surface area contributed by atoms with Crippen LogP contribution < -0.4 is 0 Å². The Labute approximate surface area is 105 Å². The van der Waals surface area contributed by atoms with Crippen LogP contribution in [0.1, 0.15) is 33.6 Å². The Hall–Kier alpha value is -0.160. The largest absolute Gasteiger partial charge is 0.393 e. The van der Waals surface area contributed by atoms with Crippen molar-refractivity contribution in [2.75, 3.05) is 32.8 Å². The number of aliphatic hydroxyl groups excluding tert-OH is 1. The van der Waals surface area contributed by atoms with Crippen LogP contribution in [-0.2, 0) is 9.47 Å². The van der Waals surface area contributed by atoms with Crippen LogP contribution in [0.3, 0.4) is 0 Å². The van der Waals surface area contributed by atoms with E-state index in [1.807, 2.05) is 13.8 Å². The fourth-order valence-corrected chi connectivity index (χ4v) is 2.30. The van der Waals surface area contributed by atoms with Gasteiger partial charge in [-0.3, -0.25) is 0 Å². The topological polar surface area (TPSA) is 41.9 Å². The number of ether oxygens (including phenoxy) is 2. The Bertz CT molecular complexity index is 195. The second-order valence-electron chi connectivity index (χ2n) is 4.76. The number of nitrogens with zero attached hydrogens (tertiary/aromatic N) is 1. The zero-order valence-electron chi connectivity index (χ0n) is 11.4. The van der Waals surface area contributed by atoms with E-state index in [0.717, 1.165) is 32.5 Å². The molecule has 2 unspecified atom stereocenters. The summed E-state index contributed by atoms with van der Waals surface area (Å²) >= 11 is 0. The van der Waals surface area contributed by atoms with Crippen molar-refractivity contribution < 1.29 is 14.6 Å². The molecule has 4 nitrogen and oxygen atoms in total. The van der Waals surface area contributed by atoms with Gasteiger partial charge in [0.1, 0.15) is 0 Å². The van der Waals surface area contributed by atoms with Gasteiger partial charge in [0.2, 0.25) is 0 Å². The molecule has 0 aliphatic carbocycles. The maximum absolute atomic E-state index is 9.67. The fraction of sp³-hybridized carbons (Fsp3) is 1.00. The Morgan fingerprint density at radius 3 is 2.47 bits per heavy atom. The van der Waals surface area contributed by atoms with Gasteiger partial charge in [-0.15, -0.1) is 0 Å². The predicted octanol–water partition coefficient (Wildman–Crippen LogP) is 1.48. The standard InChI is InChI=1S/C13H27NO3/c1-4-16-13(17-5-2)7-9-14-8-6-12(15)11(3)10-14/h11-13,15H,4-10H2,1-3H3. The third kappa shape index (κ3) is 5.34. The summed E-state index contributed by atoms with van der Waals surface area (Å²) in [5.74, 6) is 0.376. The summed E-state index contributed by atoms with van der Waals surface area (Å²) in [6, 6.07) is 0. The van der Waals surface area contributed by atoms with Gasteiger partial charge in [-0.25, -0.2) is 0 Å². The second kappa shape index (κ2) is 8.03. The summed E-state index contributed by atoms with van der Waals surface area (Å²) in [7, 11) is 0. The molecule has 4 heteroatoms. The molecule has 1 saturated heterocycles. The molecule has 1 heterocycles. The molecule has 0 saturated carbocycles. The van der Waals surface area contributed by atoms with Crippen molar-refractivity contribution in [1.82, 2.24) is 4.90 Å². The molecule has 1 fully saturated rings. The highest BCUT2D eigenvalue weighted by molar-refractivity contribution is 4.77. The summed E-state index contributed by atoms with van der Waals surface area (Å²) in [4.78, 5) is 2.39. The maximum Gasteiger partial charge on any atom is 0.158 e. The summed E-state index contributed by atoms with van der Waals surface area (Å²) in [6.07, 6.45) is 1.59. The van der Waals surface area contributed by atoms with Gasteiger partial charge in [-0.2, -0.15) is 0 Å². The molecule has 2 atom stereocenters. The zero-order chi connectivity index (χ0) is 12.7. The maximum atomic E-state index is 9.67. The zero-order valence-corrected chi connectivity index (χ0v) is 11.4. The highest BCUT2D eigenvalue weighted by Gasteiger charge is 2.24. The minimum absolute atomic E-state index is 0.0767. The lowest BCUT2D eigenvalue weighted by Gasteiger charge is -2.34. The smallest absolute Gasteiger partial charge is 0.158 e. The van der Waals surface area contributed by atoms with Crippen molar-refractivity contribution in [2.24, 2.45) is 5.92 Å². The van der Waals surface area contributed by atoms with E-state index in [1.165, 1.54) is 0 Å². The molecule has 17 heavy (non-hydrogen) atoms. The summed E-state index contributed by atoms with van der Waals surface area (Å²) in [5.41, 5.74) is 0. The molecule has 1 aliphatic rings. The molecule has 0 aromatic carbocycles. The predicted molar refractivity (Wildman–Crippen MR) is 67.9 cm³/mol. The number of piperidine rings is 1. The molecule has 102 valence electrons. The lowest BCUT2D eigenvalue weighted by molar-refractivity contribution is -0.142. The van der Waals surface area contributed by atoms with E-state index < -0.39 is 0 Å². The molecule has 0 amide bonds. The Morgan fingerprint density at radius 1 is 1.29 bits per heavy atom. The molecule has 1 aliphatic heterocycles. The lowest BCUT2D eigenvalue weighted by Crippen LogP contribution is -2.43. The molecular weight excluding hydrogens is 218 g/mol. The minimum atomic E-state index is -0.124. The molecule has 0 aromatic rings. The van der Waals surface area contributed by atoms with E-state index in [-0.39, 0.29) is 12.4 Å². The van der Waals surface area contributed by atoms with Crippen LogP contribution in [0.25, 0.3) is 0 Å². The van der Waals surface area contributed by atoms with Crippen LogP contribution in [0.4, 0.5) is 0 Å². The van der Waals surface area contributed by atoms with Crippen molar-refractivity contribution >= 4 is 0 Å². The Morgan fingerprint density at radius 2 is 1.94 bits per heavy atom. The lowest BCUT2D eigenvalue weighted by atomic mass is 9.97. The number of likely N-dealkylation sites (tertiary alicyclic amines) is 1. The molecule has 1 rings (SSSR count). The van der Waals surface area contributed by atoms with Gasteiger partial charge in [-0.1, -0.05) is 6.92 Å². The van der Waals surface area contributed by atoms with Crippen molar-refractivity contribution in [3.05, 3.63) is 0 Å². The Kier molecular flexibility index (Phi) is 7.04. The highest BCUT2D eigenvalue weighted by atomic mass is 16.7. The van der Waals surface area contributed by atoms with E-state index in [2.05, 4.69) is 11.8 Å². The fourth-order valence-electron chi connectivity index (χ4n) is 2.30. The van der Waals surface area contributed by atoms with Gasteiger partial charge in [-0.05, 0) is 26.2 Å². The van der Waals surface area contributed by atoms with Crippen LogP contribution in [0, 0.1) is 5.92 Å². The third-order valence-electron chi connectivity index (χ3n) is 3.33. The van der Waals surface area contributed by atoms with E-state index in [4.69, 9.17) is 9.47 Å². The number of aliphatic hydroxyl groups is 1. The van der Waals surface area contributed by atoms with Gasteiger partial charge in [0.05, 0.1) is 6.10 Å². The van der Waals surface area contributed by atoms with Gasteiger partial charge in [0, 0.05) is 39.3 Å². The van der Waals surface area contributed by atoms with E-state index in [0.29, 0.717) is 19.1 Å². The number of rotatable bonds is 7. The second-order valence-corrected chi connectivity index (χ2v) is 4.76. The normalized spacial score (nSPS) is 26.6. The van der Waals surface area contributed by atoms with Gasteiger partial charge in [0.25, 0.3) is 0 Å². The van der Waals surface area contributed by atoms with Crippen molar-refractivity contribution in [1.29, 1.82) is 0 Å². The quantitative estimate of drug-likeness (QED) is 0.690. The Balaban J connectivity index is 2.24. The van der Waals surface area contributed by atoms with Crippen LogP contribution in [0.15, 0.2) is 0 Å². The summed E-state index contributed by atoms with van der Waals surface area (Å²) < 4.78 is 11.0. The van der Waals surface area contributed by atoms with E-state index in [1.54, 1.807) is 0 Å². The molecular formula is C13H27NO3. The van der Waals surface area contributed by atoms with Crippen molar-refractivity contribution in [3.63, 3.8) is 0 Å². The van der Waals surface area contributed by atoms with E-state index in [9.17, 15) is 5.11 Å². The molecule has 0 bridgehead atoms. The third-order valence-corrected chi connectivity index (χ3v) is 3.33. The first-order valence-corrected chi connectivity index (χ1v) is 6.81. The first-order chi connectivity index (χ1) is 8.17. The highest BCUT2D eigenvalue weighted by Crippen LogP contribution is 2.17.